The van der Waals surface area contributed by atoms with Gasteiger partial charge in [-0.05, 0) is 61.2 Å². The summed E-state index contributed by atoms with van der Waals surface area (Å²) < 4.78 is 7.95. The van der Waals surface area contributed by atoms with E-state index in [1.165, 1.54) is 19.3 Å². The number of imidazole rings is 1. The van der Waals surface area contributed by atoms with E-state index in [0.29, 0.717) is 41.2 Å². The Balaban J connectivity index is 1.41. The van der Waals surface area contributed by atoms with Gasteiger partial charge in [0.15, 0.2) is 0 Å². The van der Waals surface area contributed by atoms with Gasteiger partial charge >= 0.3 is 0 Å². The van der Waals surface area contributed by atoms with Crippen LogP contribution < -0.4 is 10.5 Å². The SMILES string of the molecule is CCCN(C(=O)c1cccc(Cn2c(N)nc3ccc(Oc4ccccc4C#N)cc32)c1)C1CCCCC1. The molecule has 0 radical (unpaired) electrons. The van der Waals surface area contributed by atoms with Gasteiger partial charge in [-0.25, -0.2) is 4.98 Å². The number of nitriles is 1. The van der Waals surface area contributed by atoms with Crippen LogP contribution in [0, 0.1) is 11.3 Å². The second kappa shape index (κ2) is 11.4. The number of carbonyl (C=O) groups is 1. The second-order valence-electron chi connectivity index (χ2n) is 9.91. The van der Waals surface area contributed by atoms with Gasteiger partial charge in [-0.15, -0.1) is 0 Å². The highest BCUT2D eigenvalue weighted by atomic mass is 16.5. The number of nitrogens with zero attached hydrogens (tertiary/aromatic N) is 4. The Hall–Kier alpha value is -4.31. The molecule has 1 heterocycles. The van der Waals surface area contributed by atoms with Gasteiger partial charge in [-0.2, -0.15) is 5.26 Å². The van der Waals surface area contributed by atoms with Crippen LogP contribution in [0.5, 0.6) is 11.5 Å². The van der Waals surface area contributed by atoms with Crippen molar-refractivity contribution in [2.45, 2.75) is 58.0 Å². The lowest BCUT2D eigenvalue weighted by atomic mass is 9.93. The first-order chi connectivity index (χ1) is 18.6. The zero-order chi connectivity index (χ0) is 26.5. The van der Waals surface area contributed by atoms with E-state index in [1.54, 1.807) is 18.2 Å². The van der Waals surface area contributed by atoms with E-state index in [9.17, 15) is 10.1 Å². The molecule has 0 atom stereocenters. The van der Waals surface area contributed by atoms with E-state index in [2.05, 4.69) is 22.9 Å². The molecule has 3 aromatic carbocycles. The fourth-order valence-corrected chi connectivity index (χ4v) is 5.36. The minimum atomic E-state index is 0.107. The largest absolute Gasteiger partial charge is 0.456 e. The molecule has 1 amide bonds. The number of nitrogens with two attached hydrogens (primary N) is 1. The number of anilines is 1. The highest BCUT2D eigenvalue weighted by Crippen LogP contribution is 2.30. The smallest absolute Gasteiger partial charge is 0.254 e. The Bertz CT molecular complexity index is 1480. The van der Waals surface area contributed by atoms with Gasteiger partial charge in [0.25, 0.3) is 5.91 Å². The molecule has 1 fully saturated rings. The van der Waals surface area contributed by atoms with Crippen molar-refractivity contribution in [1.29, 1.82) is 5.26 Å². The third-order valence-corrected chi connectivity index (χ3v) is 7.24. The molecule has 194 valence electrons. The van der Waals surface area contributed by atoms with Gasteiger partial charge < -0.3 is 19.9 Å². The quantitative estimate of drug-likeness (QED) is 0.293. The molecule has 1 saturated carbocycles. The first kappa shape index (κ1) is 25.3. The zero-order valence-electron chi connectivity index (χ0n) is 21.8. The molecule has 5 rings (SSSR count). The van der Waals surface area contributed by atoms with Crippen LogP contribution in [-0.2, 0) is 6.54 Å². The summed E-state index contributed by atoms with van der Waals surface area (Å²) in [4.78, 5) is 20.2. The van der Waals surface area contributed by atoms with Gasteiger partial charge in [0, 0.05) is 24.2 Å². The summed E-state index contributed by atoms with van der Waals surface area (Å²) in [5.41, 5.74) is 10.0. The first-order valence-corrected chi connectivity index (χ1v) is 13.4. The lowest BCUT2D eigenvalue weighted by Gasteiger charge is -2.34. The van der Waals surface area contributed by atoms with E-state index < -0.39 is 0 Å². The Kier molecular flexibility index (Phi) is 7.60. The molecule has 0 aliphatic heterocycles. The topological polar surface area (TPSA) is 97.2 Å². The highest BCUT2D eigenvalue weighted by molar-refractivity contribution is 5.94. The molecule has 0 bridgehead atoms. The summed E-state index contributed by atoms with van der Waals surface area (Å²) in [6.45, 7) is 3.38. The van der Waals surface area contributed by atoms with Crippen molar-refractivity contribution in [3.63, 3.8) is 0 Å². The second-order valence-corrected chi connectivity index (χ2v) is 9.91. The molecule has 7 nitrogen and oxygen atoms in total. The average Bonchev–Trinajstić information content (AvgIpc) is 3.26. The Morgan fingerprint density at radius 3 is 2.71 bits per heavy atom. The van der Waals surface area contributed by atoms with Gasteiger partial charge in [-0.3, -0.25) is 4.79 Å². The van der Waals surface area contributed by atoms with Crippen LogP contribution in [0.1, 0.15) is 66.9 Å². The highest BCUT2D eigenvalue weighted by Gasteiger charge is 2.25. The summed E-state index contributed by atoms with van der Waals surface area (Å²) >= 11 is 0. The summed E-state index contributed by atoms with van der Waals surface area (Å²) in [6.07, 6.45) is 6.77. The van der Waals surface area contributed by atoms with Crippen molar-refractivity contribution in [1.82, 2.24) is 14.5 Å². The minimum absolute atomic E-state index is 0.107. The number of carbonyl (C=O) groups excluding carboxylic acids is 1. The molecule has 0 saturated heterocycles. The molecule has 0 spiro atoms. The molecule has 38 heavy (non-hydrogen) atoms. The lowest BCUT2D eigenvalue weighted by molar-refractivity contribution is 0.0634. The van der Waals surface area contributed by atoms with Gasteiger partial charge in [-0.1, -0.05) is 50.5 Å². The predicted molar refractivity (Wildman–Crippen MR) is 149 cm³/mol. The molecule has 0 unspecified atom stereocenters. The fourth-order valence-electron chi connectivity index (χ4n) is 5.36. The Morgan fingerprint density at radius 2 is 1.92 bits per heavy atom. The molecule has 1 aliphatic rings. The standard InChI is InChI=1S/C31H33N5O2/c1-2-17-35(25-12-4-3-5-13-25)30(37)23-11-8-9-22(18-23)21-36-28-19-26(15-16-27(28)34-31(36)33)38-29-14-7-6-10-24(29)20-32/h6-11,14-16,18-19,25H,2-5,12-13,17,21H2,1H3,(H2,33,34). The van der Waals surface area contributed by atoms with E-state index in [0.717, 1.165) is 42.4 Å². The normalized spacial score (nSPS) is 13.8. The van der Waals surface area contributed by atoms with E-state index >= 15 is 0 Å². The molecule has 1 aromatic heterocycles. The van der Waals surface area contributed by atoms with Crippen LogP contribution >= 0.6 is 0 Å². The monoisotopic (exact) mass is 507 g/mol. The third kappa shape index (κ3) is 5.35. The fraction of sp³-hybridized carbons (Fsp3) is 0.323. The van der Waals surface area contributed by atoms with Crippen LogP contribution in [0.4, 0.5) is 5.95 Å². The molecule has 2 N–H and O–H groups in total. The number of para-hydroxylation sites is 1. The maximum atomic E-state index is 13.6. The van der Waals surface area contributed by atoms with E-state index in [4.69, 9.17) is 10.5 Å². The van der Waals surface area contributed by atoms with Crippen molar-refractivity contribution in [3.05, 3.63) is 83.4 Å². The van der Waals surface area contributed by atoms with Crippen molar-refractivity contribution in [2.24, 2.45) is 0 Å². The summed E-state index contributed by atoms with van der Waals surface area (Å²) in [7, 11) is 0. The lowest BCUT2D eigenvalue weighted by Crippen LogP contribution is -2.42. The predicted octanol–water partition coefficient (Wildman–Crippen LogP) is 6.52. The maximum absolute atomic E-state index is 13.6. The van der Waals surface area contributed by atoms with Gasteiger partial charge in [0.2, 0.25) is 5.95 Å². The molecule has 1 aliphatic carbocycles. The van der Waals surface area contributed by atoms with Crippen molar-refractivity contribution in [2.75, 3.05) is 12.3 Å². The van der Waals surface area contributed by atoms with Crippen molar-refractivity contribution in [3.8, 4) is 17.6 Å². The number of amides is 1. The maximum Gasteiger partial charge on any atom is 0.254 e. The zero-order valence-corrected chi connectivity index (χ0v) is 21.8. The number of hydrogen-bond acceptors (Lipinski definition) is 5. The molecular formula is C31H33N5O2. The first-order valence-electron chi connectivity index (χ1n) is 13.4. The number of nitrogen functional groups attached to an aromatic ring is 1. The van der Waals surface area contributed by atoms with Crippen LogP contribution in [0.3, 0.4) is 0 Å². The number of ether oxygens (including phenoxy) is 1. The number of hydrogen-bond donors (Lipinski definition) is 1. The average molecular weight is 508 g/mol. The number of rotatable bonds is 8. The molecular weight excluding hydrogens is 474 g/mol. The molecule has 4 aromatic rings. The minimum Gasteiger partial charge on any atom is -0.456 e. The summed E-state index contributed by atoms with van der Waals surface area (Å²) in [5, 5.41) is 9.39. The summed E-state index contributed by atoms with van der Waals surface area (Å²) in [6, 6.07) is 23.0. The number of aromatic nitrogens is 2. The summed E-state index contributed by atoms with van der Waals surface area (Å²) in [5.74, 6) is 1.58. The number of benzene rings is 3. The van der Waals surface area contributed by atoms with Crippen molar-refractivity contribution < 1.29 is 9.53 Å². The van der Waals surface area contributed by atoms with Crippen LogP contribution in [0.25, 0.3) is 11.0 Å². The van der Waals surface area contributed by atoms with Crippen LogP contribution in [0.15, 0.2) is 66.7 Å². The van der Waals surface area contributed by atoms with Crippen LogP contribution in [0.2, 0.25) is 0 Å². The molecule has 7 heteroatoms. The van der Waals surface area contributed by atoms with Crippen molar-refractivity contribution >= 4 is 22.9 Å². The Labute approximate surface area is 223 Å². The van der Waals surface area contributed by atoms with Crippen LogP contribution in [-0.4, -0.2) is 32.9 Å². The van der Waals surface area contributed by atoms with Gasteiger partial charge in [0.1, 0.15) is 17.6 Å². The van der Waals surface area contributed by atoms with Gasteiger partial charge in [0.05, 0.1) is 23.1 Å². The van der Waals surface area contributed by atoms with E-state index in [-0.39, 0.29) is 5.91 Å². The Morgan fingerprint density at radius 1 is 1.11 bits per heavy atom. The van der Waals surface area contributed by atoms with E-state index in [1.807, 2.05) is 53.1 Å². The number of fused-ring (bicyclic) bond motifs is 1. The third-order valence-electron chi connectivity index (χ3n) is 7.24.